The molecule has 1 atom stereocenters. The first-order valence-electron chi connectivity index (χ1n) is 18.3. The van der Waals surface area contributed by atoms with E-state index in [-0.39, 0.29) is 25.4 Å². The molecule has 0 unspecified atom stereocenters. The molecule has 56 heavy (non-hydrogen) atoms. The van der Waals surface area contributed by atoms with Crippen LogP contribution in [-0.4, -0.2) is 39.6 Å². The average Bonchev–Trinajstić information content (AvgIpc) is 3.49. The van der Waals surface area contributed by atoms with Gasteiger partial charge in [0, 0.05) is 13.0 Å². The molecule has 1 aliphatic heterocycles. The van der Waals surface area contributed by atoms with E-state index in [0.717, 1.165) is 11.1 Å². The van der Waals surface area contributed by atoms with Crippen LogP contribution in [0.2, 0.25) is 0 Å². The van der Waals surface area contributed by atoms with Crippen LogP contribution in [0, 0.1) is 11.3 Å². The van der Waals surface area contributed by atoms with Crippen molar-refractivity contribution in [3.8, 4) is 6.07 Å². The van der Waals surface area contributed by atoms with Gasteiger partial charge in [-0.15, -0.1) is 0 Å². The Kier molecular flexibility index (Phi) is 10.8. The van der Waals surface area contributed by atoms with Gasteiger partial charge in [0.25, 0.3) is 5.91 Å². The maximum absolute atomic E-state index is 15.1. The van der Waals surface area contributed by atoms with Crippen LogP contribution in [0.25, 0.3) is 0 Å². The van der Waals surface area contributed by atoms with Gasteiger partial charge in [0.15, 0.2) is 5.54 Å². The number of primary amides is 1. The summed E-state index contributed by atoms with van der Waals surface area (Å²) in [5, 5.41) is 12.6. The zero-order valence-electron chi connectivity index (χ0n) is 30.5. The molecule has 6 aromatic carbocycles. The Morgan fingerprint density at radius 2 is 1.20 bits per heavy atom. The van der Waals surface area contributed by atoms with E-state index in [9.17, 15) is 19.6 Å². The number of carbonyl (C=O) groups excluding carboxylic acids is 4. The maximum Gasteiger partial charge on any atom is 0.325 e. The minimum absolute atomic E-state index is 0.00744. The van der Waals surface area contributed by atoms with E-state index >= 15 is 4.79 Å². The summed E-state index contributed by atoms with van der Waals surface area (Å²) in [6.07, 6.45) is 0.0795. The number of nitrogens with zero attached hydrogens (tertiary/aromatic N) is 3. The summed E-state index contributed by atoms with van der Waals surface area (Å²) in [5.41, 5.74) is 9.89. The van der Waals surface area contributed by atoms with Crippen LogP contribution in [0.4, 0.5) is 4.79 Å². The molecule has 0 radical (unpaired) electrons. The number of hydrogen-bond donors (Lipinski definition) is 2. The highest BCUT2D eigenvalue weighted by Crippen LogP contribution is 2.37. The number of nitriles is 1. The lowest BCUT2D eigenvalue weighted by Crippen LogP contribution is -2.50. The lowest BCUT2D eigenvalue weighted by atomic mass is 9.82. The molecule has 0 aromatic heterocycles. The van der Waals surface area contributed by atoms with E-state index in [4.69, 9.17) is 5.73 Å². The zero-order valence-corrected chi connectivity index (χ0v) is 30.5. The summed E-state index contributed by atoms with van der Waals surface area (Å²) in [4.78, 5) is 59.3. The van der Waals surface area contributed by atoms with Crippen molar-refractivity contribution in [1.82, 2.24) is 15.1 Å². The lowest BCUT2D eigenvalue weighted by Gasteiger charge is -2.34. The van der Waals surface area contributed by atoms with Crippen LogP contribution in [-0.2, 0) is 39.4 Å². The monoisotopic (exact) mass is 737 g/mol. The fourth-order valence-corrected chi connectivity index (χ4v) is 7.49. The molecule has 6 aromatic rings. The van der Waals surface area contributed by atoms with E-state index in [1.165, 1.54) is 9.80 Å². The third kappa shape index (κ3) is 7.54. The molecule has 5 amide bonds. The molecular weight excluding hydrogens is 699 g/mol. The number of benzene rings is 6. The van der Waals surface area contributed by atoms with Crippen molar-refractivity contribution in [1.29, 1.82) is 5.26 Å². The number of carbonyl (C=O) groups is 4. The number of rotatable bonds is 13. The smallest absolute Gasteiger partial charge is 0.325 e. The Morgan fingerprint density at radius 1 is 0.679 bits per heavy atom. The van der Waals surface area contributed by atoms with Crippen LogP contribution in [0.1, 0.15) is 50.4 Å². The van der Waals surface area contributed by atoms with Gasteiger partial charge in [-0.1, -0.05) is 158 Å². The van der Waals surface area contributed by atoms with Gasteiger partial charge in [0.1, 0.15) is 6.04 Å². The van der Waals surface area contributed by atoms with Crippen molar-refractivity contribution in [2.45, 2.75) is 37.0 Å². The molecule has 276 valence electrons. The first-order valence-corrected chi connectivity index (χ1v) is 18.3. The van der Waals surface area contributed by atoms with Crippen molar-refractivity contribution in [3.05, 3.63) is 214 Å². The molecule has 1 aliphatic rings. The molecule has 0 bridgehead atoms. The average molecular weight is 738 g/mol. The zero-order chi connectivity index (χ0) is 39.1. The van der Waals surface area contributed by atoms with E-state index < -0.39 is 35.3 Å². The second kappa shape index (κ2) is 16.4. The van der Waals surface area contributed by atoms with Crippen LogP contribution >= 0.6 is 0 Å². The third-order valence-electron chi connectivity index (χ3n) is 10.2. The molecule has 9 heteroatoms. The van der Waals surface area contributed by atoms with Gasteiger partial charge in [-0.05, 0) is 51.1 Å². The maximum atomic E-state index is 15.1. The van der Waals surface area contributed by atoms with Crippen LogP contribution < -0.4 is 11.1 Å². The van der Waals surface area contributed by atoms with Gasteiger partial charge in [0.05, 0.1) is 24.1 Å². The largest absolute Gasteiger partial charge is 0.368 e. The predicted octanol–water partition coefficient (Wildman–Crippen LogP) is 6.81. The normalized spacial score (nSPS) is 13.8. The third-order valence-corrected chi connectivity index (χ3v) is 10.2. The van der Waals surface area contributed by atoms with Crippen LogP contribution in [0.3, 0.4) is 0 Å². The lowest BCUT2D eigenvalue weighted by molar-refractivity contribution is -0.140. The summed E-state index contributed by atoms with van der Waals surface area (Å²) in [7, 11) is 0. The summed E-state index contributed by atoms with van der Waals surface area (Å²) in [6.45, 7) is -0.0444. The Labute approximate surface area is 325 Å². The van der Waals surface area contributed by atoms with Gasteiger partial charge < -0.3 is 16.0 Å². The highest BCUT2D eigenvalue weighted by atomic mass is 16.2. The Hall–Kier alpha value is -7.31. The van der Waals surface area contributed by atoms with Gasteiger partial charge in [-0.25, -0.2) is 4.79 Å². The highest BCUT2D eigenvalue weighted by Gasteiger charge is 2.53. The number of amides is 5. The molecular formula is C47H39N5O4. The molecule has 1 saturated heterocycles. The SMILES string of the molecule is N#Cc1cccc(C[C@H](C(N)=O)N(Cc2cccc(CN3C(=O)NC(c4ccccc4)(c4ccccc4)C3=O)c2)C(=O)C(c2ccccc2)c2ccccc2)c1. The van der Waals surface area contributed by atoms with E-state index in [1.807, 2.05) is 140 Å². The molecule has 1 heterocycles. The molecule has 0 spiro atoms. The van der Waals surface area contributed by atoms with Gasteiger partial charge in [0.2, 0.25) is 11.8 Å². The number of hydrogen-bond acceptors (Lipinski definition) is 5. The van der Waals surface area contributed by atoms with Crippen molar-refractivity contribution >= 4 is 23.8 Å². The predicted molar refractivity (Wildman–Crippen MR) is 212 cm³/mol. The van der Waals surface area contributed by atoms with Gasteiger partial charge in [-0.3, -0.25) is 19.3 Å². The van der Waals surface area contributed by atoms with E-state index in [1.54, 1.807) is 30.3 Å². The molecule has 9 nitrogen and oxygen atoms in total. The van der Waals surface area contributed by atoms with Crippen molar-refractivity contribution in [2.75, 3.05) is 0 Å². The van der Waals surface area contributed by atoms with Crippen molar-refractivity contribution in [2.24, 2.45) is 5.73 Å². The Bertz CT molecular complexity index is 2320. The summed E-state index contributed by atoms with van der Waals surface area (Å²) in [6, 6.07) is 51.8. The second-order valence-electron chi connectivity index (χ2n) is 13.8. The molecule has 0 saturated carbocycles. The standard InChI is InChI=1S/C47H39N5O4/c48-30-34-16-13-15-33(27-34)29-41(43(49)53)51(44(54)42(37-19-5-1-6-20-37)38-21-7-2-8-22-38)31-35-17-14-18-36(28-35)32-52-45(55)47(50-46(52)56,39-23-9-3-10-24-39)40-25-11-4-12-26-40/h1-28,41-42H,29,31-32H2,(H2,49,53)(H,50,56)/t41-/m1/s1. The molecule has 7 rings (SSSR count). The summed E-state index contributed by atoms with van der Waals surface area (Å²) < 4.78 is 0. The number of nitrogens with two attached hydrogens (primary N) is 1. The van der Waals surface area contributed by atoms with Gasteiger partial charge in [-0.2, -0.15) is 5.26 Å². The number of urea groups is 1. The highest BCUT2D eigenvalue weighted by molar-refractivity contribution is 6.09. The first kappa shape index (κ1) is 37.0. The van der Waals surface area contributed by atoms with Crippen LogP contribution in [0.15, 0.2) is 170 Å². The number of imide groups is 1. The minimum atomic E-state index is -1.41. The van der Waals surface area contributed by atoms with Gasteiger partial charge >= 0.3 is 6.03 Å². The van der Waals surface area contributed by atoms with Crippen molar-refractivity contribution in [3.63, 3.8) is 0 Å². The fourth-order valence-electron chi connectivity index (χ4n) is 7.49. The second-order valence-corrected chi connectivity index (χ2v) is 13.8. The minimum Gasteiger partial charge on any atom is -0.368 e. The van der Waals surface area contributed by atoms with Crippen molar-refractivity contribution < 1.29 is 19.2 Å². The Morgan fingerprint density at radius 3 is 1.75 bits per heavy atom. The first-order chi connectivity index (χ1) is 27.3. The molecule has 1 fully saturated rings. The van der Waals surface area contributed by atoms with E-state index in [2.05, 4.69) is 11.4 Å². The molecule has 3 N–H and O–H groups in total. The fraction of sp³-hybridized carbons (Fsp3) is 0.128. The Balaban J connectivity index is 1.25. The van der Waals surface area contributed by atoms with E-state index in [0.29, 0.717) is 33.4 Å². The quantitative estimate of drug-likeness (QED) is 0.126. The van der Waals surface area contributed by atoms with Crippen LogP contribution in [0.5, 0.6) is 0 Å². The summed E-state index contributed by atoms with van der Waals surface area (Å²) >= 11 is 0. The number of nitrogens with one attached hydrogen (secondary N) is 1. The molecule has 0 aliphatic carbocycles. The topological polar surface area (TPSA) is 137 Å². The summed E-state index contributed by atoms with van der Waals surface area (Å²) in [5.74, 6) is -2.21.